The van der Waals surface area contributed by atoms with Crippen LogP contribution in [0.2, 0.25) is 4.34 Å². The van der Waals surface area contributed by atoms with E-state index >= 15 is 0 Å². The predicted molar refractivity (Wildman–Crippen MR) is 134 cm³/mol. The number of sulfone groups is 1. The van der Waals surface area contributed by atoms with Crippen LogP contribution in [0.4, 0.5) is 4.39 Å². The fraction of sp³-hybridized carbons (Fsp3) is 0.130. The van der Waals surface area contributed by atoms with E-state index in [1.165, 1.54) is 30.6 Å². The highest BCUT2D eigenvalue weighted by Crippen LogP contribution is 2.26. The fourth-order valence-corrected chi connectivity index (χ4v) is 6.28. The standard InChI is InChI=1S/C23H18ClFN4O4S2/c1-27-22(26)14-3-4-16-18(10-14)28-12-29(23(16)31)19-5-2-13(9-17(19)25)8-15(30)11-35(32,33)21-7-6-20(24)34-21/h2-7,9-10,12H,8,11H2,1H3,(H2,26,27). The summed E-state index contributed by atoms with van der Waals surface area (Å²) in [5.74, 6) is -1.79. The van der Waals surface area contributed by atoms with Crippen molar-refractivity contribution in [2.24, 2.45) is 10.7 Å². The Labute approximate surface area is 208 Å². The van der Waals surface area contributed by atoms with Gasteiger partial charge in [-0.15, -0.1) is 11.3 Å². The molecule has 0 atom stereocenters. The van der Waals surface area contributed by atoms with E-state index in [0.29, 0.717) is 21.3 Å². The van der Waals surface area contributed by atoms with Crippen molar-refractivity contribution in [1.29, 1.82) is 0 Å². The van der Waals surface area contributed by atoms with Crippen molar-refractivity contribution in [2.75, 3.05) is 12.8 Å². The van der Waals surface area contributed by atoms with Gasteiger partial charge in [0.1, 0.15) is 27.9 Å². The molecule has 0 aliphatic rings. The molecule has 0 aliphatic carbocycles. The highest BCUT2D eigenvalue weighted by atomic mass is 35.5. The topological polar surface area (TPSA) is 124 Å². The number of ketones is 1. The van der Waals surface area contributed by atoms with Crippen LogP contribution in [0.1, 0.15) is 11.1 Å². The average molecular weight is 533 g/mol. The number of halogens is 2. The second kappa shape index (κ2) is 9.68. The van der Waals surface area contributed by atoms with Gasteiger partial charge in [-0.3, -0.25) is 19.1 Å². The van der Waals surface area contributed by atoms with E-state index < -0.39 is 32.7 Å². The number of benzene rings is 2. The summed E-state index contributed by atoms with van der Waals surface area (Å²) in [4.78, 5) is 33.4. The minimum atomic E-state index is -3.83. The summed E-state index contributed by atoms with van der Waals surface area (Å²) in [6.45, 7) is 0. The summed E-state index contributed by atoms with van der Waals surface area (Å²) in [5.41, 5.74) is 6.52. The molecule has 0 amide bonds. The first-order valence-corrected chi connectivity index (χ1v) is 13.0. The first kappa shape index (κ1) is 24.7. The third-order valence-electron chi connectivity index (χ3n) is 5.17. The molecule has 2 aromatic heterocycles. The summed E-state index contributed by atoms with van der Waals surface area (Å²) in [6.07, 6.45) is 0.916. The average Bonchev–Trinajstić information content (AvgIpc) is 3.26. The van der Waals surface area contributed by atoms with Crippen LogP contribution < -0.4 is 11.3 Å². The Balaban J connectivity index is 1.57. The Morgan fingerprint density at radius 1 is 1.20 bits per heavy atom. The number of nitrogens with zero attached hydrogens (tertiary/aromatic N) is 3. The maximum Gasteiger partial charge on any atom is 0.265 e. The number of rotatable bonds is 7. The normalized spacial score (nSPS) is 12.3. The van der Waals surface area contributed by atoms with Crippen molar-refractivity contribution in [3.8, 4) is 5.69 Å². The molecule has 4 aromatic rings. The second-order valence-corrected chi connectivity index (χ2v) is 11.5. The molecule has 0 aliphatic heterocycles. The first-order chi connectivity index (χ1) is 16.6. The number of nitrogens with two attached hydrogens (primary N) is 1. The quantitative estimate of drug-likeness (QED) is 0.288. The lowest BCUT2D eigenvalue weighted by Crippen LogP contribution is -2.21. The molecule has 2 heterocycles. The van der Waals surface area contributed by atoms with Crippen LogP contribution in [0, 0.1) is 5.82 Å². The number of fused-ring (bicyclic) bond motifs is 1. The fourth-order valence-electron chi connectivity index (χ4n) is 3.46. The molecule has 12 heteroatoms. The molecule has 2 aromatic carbocycles. The van der Waals surface area contributed by atoms with E-state index in [1.807, 2.05) is 0 Å². The van der Waals surface area contributed by atoms with Gasteiger partial charge in [0.25, 0.3) is 5.56 Å². The number of aromatic nitrogens is 2. The van der Waals surface area contributed by atoms with Gasteiger partial charge in [-0.05, 0) is 42.0 Å². The molecule has 0 spiro atoms. The molecule has 0 fully saturated rings. The van der Waals surface area contributed by atoms with Gasteiger partial charge in [0.15, 0.2) is 15.6 Å². The van der Waals surface area contributed by atoms with Crippen LogP contribution in [-0.4, -0.2) is 42.4 Å². The first-order valence-electron chi connectivity index (χ1n) is 10.1. The van der Waals surface area contributed by atoms with Gasteiger partial charge >= 0.3 is 0 Å². The molecule has 0 saturated carbocycles. The van der Waals surface area contributed by atoms with E-state index in [-0.39, 0.29) is 27.3 Å². The highest BCUT2D eigenvalue weighted by molar-refractivity contribution is 7.94. The number of carbonyl (C=O) groups excluding carboxylic acids is 1. The monoisotopic (exact) mass is 532 g/mol. The van der Waals surface area contributed by atoms with Crippen molar-refractivity contribution in [2.45, 2.75) is 10.6 Å². The Kier molecular flexibility index (Phi) is 6.84. The number of Topliss-reactive ketones (excluding diaryl/α,β-unsaturated/α-hetero) is 1. The van der Waals surface area contributed by atoms with Crippen molar-refractivity contribution in [3.63, 3.8) is 0 Å². The summed E-state index contributed by atoms with van der Waals surface area (Å²) < 4.78 is 41.0. The van der Waals surface area contributed by atoms with Gasteiger partial charge in [-0.25, -0.2) is 17.8 Å². The molecule has 0 radical (unpaired) electrons. The zero-order valence-electron chi connectivity index (χ0n) is 18.2. The molecule has 35 heavy (non-hydrogen) atoms. The van der Waals surface area contributed by atoms with Gasteiger partial charge in [0.2, 0.25) is 0 Å². The van der Waals surface area contributed by atoms with Crippen molar-refractivity contribution < 1.29 is 17.6 Å². The van der Waals surface area contributed by atoms with Crippen molar-refractivity contribution in [1.82, 2.24) is 9.55 Å². The zero-order valence-corrected chi connectivity index (χ0v) is 20.6. The van der Waals surface area contributed by atoms with Crippen LogP contribution in [0.15, 0.2) is 68.9 Å². The van der Waals surface area contributed by atoms with Crippen LogP contribution in [0.3, 0.4) is 0 Å². The van der Waals surface area contributed by atoms with E-state index in [4.69, 9.17) is 17.3 Å². The van der Waals surface area contributed by atoms with Gasteiger partial charge in [-0.2, -0.15) is 0 Å². The molecule has 0 unspecified atom stereocenters. The molecule has 8 nitrogen and oxygen atoms in total. The summed E-state index contributed by atoms with van der Waals surface area (Å²) >= 11 is 6.64. The maximum atomic E-state index is 14.9. The van der Waals surface area contributed by atoms with Crippen molar-refractivity contribution in [3.05, 3.63) is 86.5 Å². The molecule has 4 rings (SSSR count). The van der Waals surface area contributed by atoms with Crippen LogP contribution >= 0.6 is 22.9 Å². The molecule has 0 bridgehead atoms. The minimum absolute atomic E-state index is 0.00246. The molecular weight excluding hydrogens is 515 g/mol. The Hall–Kier alpha value is -3.41. The SMILES string of the molecule is CN=C(N)c1ccc2c(=O)n(-c3ccc(CC(=O)CS(=O)(=O)c4ccc(Cl)s4)cc3F)cnc2c1. The number of hydrogen-bond donors (Lipinski definition) is 1. The predicted octanol–water partition coefficient (Wildman–Crippen LogP) is 3.16. The molecule has 0 saturated heterocycles. The number of aliphatic imine (C=N–C) groups is 1. The summed E-state index contributed by atoms with van der Waals surface area (Å²) in [5, 5.41) is 0.262. The smallest absolute Gasteiger partial charge is 0.265 e. The van der Waals surface area contributed by atoms with Crippen molar-refractivity contribution >= 4 is 55.3 Å². The minimum Gasteiger partial charge on any atom is -0.384 e. The van der Waals surface area contributed by atoms with Crippen LogP contribution in [0.5, 0.6) is 0 Å². The second-order valence-electron chi connectivity index (χ2n) is 7.58. The lowest BCUT2D eigenvalue weighted by Gasteiger charge is -2.10. The van der Waals surface area contributed by atoms with Gasteiger partial charge < -0.3 is 5.73 Å². The van der Waals surface area contributed by atoms with Gasteiger partial charge in [0, 0.05) is 19.0 Å². The number of hydrogen-bond acceptors (Lipinski definition) is 7. The van der Waals surface area contributed by atoms with Crippen LogP contribution in [-0.2, 0) is 21.1 Å². The third-order valence-corrected chi connectivity index (χ3v) is 8.66. The van der Waals surface area contributed by atoms with E-state index in [2.05, 4.69) is 9.98 Å². The maximum absolute atomic E-state index is 14.9. The zero-order chi connectivity index (χ0) is 25.3. The Morgan fingerprint density at radius 2 is 1.97 bits per heavy atom. The number of carbonyl (C=O) groups is 1. The summed E-state index contributed by atoms with van der Waals surface area (Å²) in [7, 11) is -2.29. The Morgan fingerprint density at radius 3 is 2.63 bits per heavy atom. The molecule has 180 valence electrons. The van der Waals surface area contributed by atoms with E-state index in [1.54, 1.807) is 25.2 Å². The molecule has 2 N–H and O–H groups in total. The number of amidine groups is 1. The Bertz CT molecular complexity index is 1660. The number of thiophene rings is 1. The molecular formula is C23H18ClFN4O4S2. The van der Waals surface area contributed by atoms with Crippen LogP contribution in [0.25, 0.3) is 16.6 Å². The van der Waals surface area contributed by atoms with E-state index in [9.17, 15) is 22.4 Å². The van der Waals surface area contributed by atoms with Gasteiger partial charge in [-0.1, -0.05) is 23.7 Å². The van der Waals surface area contributed by atoms with E-state index in [0.717, 1.165) is 22.0 Å². The lowest BCUT2D eigenvalue weighted by atomic mass is 10.1. The highest BCUT2D eigenvalue weighted by Gasteiger charge is 2.22. The largest absolute Gasteiger partial charge is 0.384 e. The third kappa shape index (κ3) is 5.16. The lowest BCUT2D eigenvalue weighted by molar-refractivity contribution is -0.116. The van der Waals surface area contributed by atoms with Gasteiger partial charge in [0.05, 0.1) is 20.9 Å². The summed E-state index contributed by atoms with van der Waals surface area (Å²) in [6, 6.07) is 11.5.